The van der Waals surface area contributed by atoms with Crippen molar-refractivity contribution < 1.29 is 9.53 Å². The molecule has 4 heteroatoms. The summed E-state index contributed by atoms with van der Waals surface area (Å²) in [5.74, 6) is 0.742. The number of methoxy groups -OCH3 is 1. The number of carbonyl (C=O) groups is 1. The third-order valence-corrected chi connectivity index (χ3v) is 4.72. The number of carbonyl (C=O) groups excluding carboxylic acids is 1. The number of pyridine rings is 1. The molecular weight excluding hydrogens is 348 g/mol. The van der Waals surface area contributed by atoms with Gasteiger partial charge in [0.15, 0.2) is 5.78 Å². The Bertz CT molecular complexity index is 1100. The Morgan fingerprint density at radius 3 is 2.61 bits per heavy atom. The van der Waals surface area contributed by atoms with Crippen LogP contribution in [-0.2, 0) is 0 Å². The number of fused-ring (bicyclic) bond motifs is 1. The molecule has 4 nitrogen and oxygen atoms in total. The summed E-state index contributed by atoms with van der Waals surface area (Å²) in [7, 11) is 1.63. The van der Waals surface area contributed by atoms with E-state index < -0.39 is 6.04 Å². The molecule has 0 aliphatic heterocycles. The van der Waals surface area contributed by atoms with Crippen molar-refractivity contribution in [3.63, 3.8) is 0 Å². The molecule has 1 aromatic heterocycles. The Morgan fingerprint density at radius 1 is 0.964 bits per heavy atom. The van der Waals surface area contributed by atoms with Crippen molar-refractivity contribution in [3.05, 3.63) is 102 Å². The van der Waals surface area contributed by atoms with E-state index in [0.717, 1.165) is 27.8 Å². The molecule has 0 aliphatic rings. The summed E-state index contributed by atoms with van der Waals surface area (Å²) in [5.41, 5.74) is 2.40. The molecule has 138 valence electrons. The lowest BCUT2D eigenvalue weighted by Gasteiger charge is -2.20. The maximum absolute atomic E-state index is 13.6. The van der Waals surface area contributed by atoms with Gasteiger partial charge in [0.25, 0.3) is 0 Å². The Hall–Kier alpha value is -3.66. The fraction of sp³-hybridized carbons (Fsp3) is 0.0833. The van der Waals surface area contributed by atoms with E-state index in [-0.39, 0.29) is 5.78 Å². The molecule has 28 heavy (non-hydrogen) atoms. The highest BCUT2D eigenvalue weighted by molar-refractivity contribution is 6.11. The van der Waals surface area contributed by atoms with E-state index in [2.05, 4.69) is 10.3 Å². The first-order chi connectivity index (χ1) is 13.8. The van der Waals surface area contributed by atoms with Crippen LogP contribution in [-0.4, -0.2) is 17.9 Å². The Kier molecular flexibility index (Phi) is 5.02. The molecule has 0 amide bonds. The van der Waals surface area contributed by atoms with E-state index in [0.29, 0.717) is 5.56 Å². The van der Waals surface area contributed by atoms with Gasteiger partial charge in [-0.15, -0.1) is 0 Å². The van der Waals surface area contributed by atoms with Crippen molar-refractivity contribution in [2.24, 2.45) is 0 Å². The standard InChI is InChI=1S/C24H20N2O2/c1-28-20-11-6-10-19(15-20)26-23(17-7-3-2-4-8-17)24(27)22-12-5-9-18-16-25-14-13-21(18)22/h2-16,23,26H,1H3. The highest BCUT2D eigenvalue weighted by Gasteiger charge is 2.23. The number of aromatic nitrogens is 1. The summed E-state index contributed by atoms with van der Waals surface area (Å²) in [5, 5.41) is 5.23. The van der Waals surface area contributed by atoms with Gasteiger partial charge in [-0.25, -0.2) is 0 Å². The summed E-state index contributed by atoms with van der Waals surface area (Å²) in [4.78, 5) is 17.8. The van der Waals surface area contributed by atoms with Crippen molar-refractivity contribution in [3.8, 4) is 5.75 Å². The van der Waals surface area contributed by atoms with Gasteiger partial charge in [0, 0.05) is 35.1 Å². The minimum absolute atomic E-state index is 0.00539. The van der Waals surface area contributed by atoms with Crippen LogP contribution in [0.5, 0.6) is 5.75 Å². The predicted octanol–water partition coefficient (Wildman–Crippen LogP) is 5.28. The zero-order valence-electron chi connectivity index (χ0n) is 15.5. The normalized spacial score (nSPS) is 11.8. The van der Waals surface area contributed by atoms with Crippen LogP contribution >= 0.6 is 0 Å². The van der Waals surface area contributed by atoms with Gasteiger partial charge in [-0.1, -0.05) is 54.6 Å². The van der Waals surface area contributed by atoms with E-state index in [1.54, 1.807) is 19.5 Å². The van der Waals surface area contributed by atoms with Crippen LogP contribution in [0.2, 0.25) is 0 Å². The lowest BCUT2D eigenvalue weighted by atomic mass is 9.94. The smallest absolute Gasteiger partial charge is 0.190 e. The Morgan fingerprint density at radius 2 is 1.79 bits per heavy atom. The average molecular weight is 368 g/mol. The maximum Gasteiger partial charge on any atom is 0.190 e. The summed E-state index contributed by atoms with van der Waals surface area (Å²) >= 11 is 0. The second-order valence-electron chi connectivity index (χ2n) is 6.49. The molecule has 0 fully saturated rings. The number of Topliss-reactive ketones (excluding diaryl/α,β-unsaturated/α-hetero) is 1. The van der Waals surface area contributed by atoms with Gasteiger partial charge in [0.05, 0.1) is 7.11 Å². The molecule has 1 N–H and O–H groups in total. The number of ketones is 1. The number of nitrogens with one attached hydrogen (secondary N) is 1. The number of rotatable bonds is 6. The molecule has 1 heterocycles. The Balaban J connectivity index is 1.77. The van der Waals surface area contributed by atoms with E-state index in [1.807, 2.05) is 78.9 Å². The number of anilines is 1. The van der Waals surface area contributed by atoms with Gasteiger partial charge < -0.3 is 10.1 Å². The molecule has 0 saturated carbocycles. The molecule has 0 radical (unpaired) electrons. The van der Waals surface area contributed by atoms with Gasteiger partial charge in [-0.2, -0.15) is 0 Å². The largest absolute Gasteiger partial charge is 0.497 e. The van der Waals surface area contributed by atoms with Crippen molar-refractivity contribution in [2.75, 3.05) is 12.4 Å². The first-order valence-electron chi connectivity index (χ1n) is 9.09. The molecular formula is C24H20N2O2. The molecule has 0 bridgehead atoms. The van der Waals surface area contributed by atoms with Crippen molar-refractivity contribution in [1.82, 2.24) is 4.98 Å². The summed E-state index contributed by atoms with van der Waals surface area (Å²) in [6, 6.07) is 24.4. The van der Waals surface area contributed by atoms with Crippen LogP contribution in [0.4, 0.5) is 5.69 Å². The highest BCUT2D eigenvalue weighted by Crippen LogP contribution is 2.28. The molecule has 0 spiro atoms. The Labute approximate surface area is 163 Å². The second kappa shape index (κ2) is 7.92. The SMILES string of the molecule is COc1cccc(NC(C(=O)c2cccc3cnccc23)c2ccccc2)c1. The first-order valence-corrected chi connectivity index (χ1v) is 9.09. The third kappa shape index (κ3) is 3.58. The van der Waals surface area contributed by atoms with Crippen LogP contribution in [0.3, 0.4) is 0 Å². The number of nitrogens with zero attached hydrogens (tertiary/aromatic N) is 1. The fourth-order valence-corrected chi connectivity index (χ4v) is 3.32. The van der Waals surface area contributed by atoms with Gasteiger partial charge >= 0.3 is 0 Å². The highest BCUT2D eigenvalue weighted by atomic mass is 16.5. The lowest BCUT2D eigenvalue weighted by molar-refractivity contribution is 0.0971. The lowest BCUT2D eigenvalue weighted by Crippen LogP contribution is -2.21. The predicted molar refractivity (Wildman–Crippen MR) is 112 cm³/mol. The van der Waals surface area contributed by atoms with E-state index >= 15 is 0 Å². The third-order valence-electron chi connectivity index (χ3n) is 4.72. The van der Waals surface area contributed by atoms with Crippen LogP contribution < -0.4 is 10.1 Å². The molecule has 1 atom stereocenters. The maximum atomic E-state index is 13.6. The second-order valence-corrected chi connectivity index (χ2v) is 6.49. The zero-order chi connectivity index (χ0) is 19.3. The van der Waals surface area contributed by atoms with Crippen LogP contribution in [0.15, 0.2) is 91.3 Å². The molecule has 3 aromatic carbocycles. The molecule has 0 saturated heterocycles. The fourth-order valence-electron chi connectivity index (χ4n) is 3.32. The van der Waals surface area contributed by atoms with E-state index in [9.17, 15) is 4.79 Å². The quantitative estimate of drug-likeness (QED) is 0.471. The van der Waals surface area contributed by atoms with E-state index in [1.165, 1.54) is 0 Å². The number of benzene rings is 3. The van der Waals surface area contributed by atoms with Crippen molar-refractivity contribution in [1.29, 1.82) is 0 Å². The molecule has 1 unspecified atom stereocenters. The number of hydrogen-bond acceptors (Lipinski definition) is 4. The van der Waals surface area contributed by atoms with Gasteiger partial charge in [-0.3, -0.25) is 9.78 Å². The van der Waals surface area contributed by atoms with Crippen LogP contribution in [0.1, 0.15) is 22.0 Å². The monoisotopic (exact) mass is 368 g/mol. The minimum Gasteiger partial charge on any atom is -0.497 e. The molecule has 4 rings (SSSR count). The average Bonchev–Trinajstić information content (AvgIpc) is 2.77. The van der Waals surface area contributed by atoms with E-state index in [4.69, 9.17) is 4.74 Å². The summed E-state index contributed by atoms with van der Waals surface area (Å²) in [6.45, 7) is 0. The zero-order valence-corrected chi connectivity index (χ0v) is 15.5. The number of hydrogen-bond donors (Lipinski definition) is 1. The van der Waals surface area contributed by atoms with Gasteiger partial charge in [0.2, 0.25) is 0 Å². The van der Waals surface area contributed by atoms with Gasteiger partial charge in [0.1, 0.15) is 11.8 Å². The molecule has 4 aromatic rings. The summed E-state index contributed by atoms with van der Waals surface area (Å²) < 4.78 is 5.31. The number of ether oxygens (including phenoxy) is 1. The first kappa shape index (κ1) is 17.7. The van der Waals surface area contributed by atoms with Crippen LogP contribution in [0.25, 0.3) is 10.8 Å². The molecule has 0 aliphatic carbocycles. The van der Waals surface area contributed by atoms with Gasteiger partial charge in [-0.05, 0) is 29.1 Å². The minimum atomic E-state index is -0.521. The topological polar surface area (TPSA) is 51.2 Å². The summed E-state index contributed by atoms with van der Waals surface area (Å²) in [6.07, 6.45) is 3.49. The van der Waals surface area contributed by atoms with Crippen molar-refractivity contribution >= 4 is 22.2 Å². The van der Waals surface area contributed by atoms with Crippen LogP contribution in [0, 0.1) is 0 Å². The van der Waals surface area contributed by atoms with Crippen molar-refractivity contribution in [2.45, 2.75) is 6.04 Å².